The minimum atomic E-state index is -3.97. The van der Waals surface area contributed by atoms with Crippen LogP contribution in [0.3, 0.4) is 0 Å². The Kier molecular flexibility index (Phi) is 3.84. The lowest BCUT2D eigenvalue weighted by Crippen LogP contribution is -2.24. The molecule has 0 fully saturated rings. The van der Waals surface area contributed by atoms with Crippen LogP contribution in [0.1, 0.15) is 0 Å². The van der Waals surface area contributed by atoms with Crippen molar-refractivity contribution in [3.05, 3.63) is 0 Å². The van der Waals surface area contributed by atoms with E-state index in [0.717, 1.165) is 7.11 Å². The summed E-state index contributed by atoms with van der Waals surface area (Å²) in [6, 6.07) is 0.189. The van der Waals surface area contributed by atoms with E-state index in [1.807, 2.05) is 19.6 Å². The molecule has 6 heteroatoms. The number of hydrogen-bond donors (Lipinski definition) is 1. The third kappa shape index (κ3) is 4.16. The summed E-state index contributed by atoms with van der Waals surface area (Å²) in [5.41, 5.74) is -0.663. The highest BCUT2D eigenvalue weighted by molar-refractivity contribution is 7.71. The molecule has 72 valence electrons. The summed E-state index contributed by atoms with van der Waals surface area (Å²) in [7, 11) is -4.50. The Morgan fingerprint density at radius 1 is 1.50 bits per heavy atom. The van der Waals surface area contributed by atoms with E-state index < -0.39 is 21.2 Å². The molecular formula is C6H15O4PSi. The van der Waals surface area contributed by atoms with Crippen LogP contribution in [0.5, 0.6) is 0 Å². The van der Waals surface area contributed by atoms with Crippen LogP contribution >= 0.6 is 7.60 Å². The molecule has 1 N–H and O–H groups in total. The Morgan fingerprint density at radius 3 is 2.17 bits per heavy atom. The second kappa shape index (κ2) is 3.83. The molecule has 0 heterocycles. The smallest absolute Gasteiger partial charge is 0.319 e. The van der Waals surface area contributed by atoms with E-state index in [0.29, 0.717) is 0 Å². The first-order valence-corrected chi connectivity index (χ1v) is 8.89. The van der Waals surface area contributed by atoms with Gasteiger partial charge in [0.25, 0.3) is 0 Å². The fourth-order valence-corrected chi connectivity index (χ4v) is 3.99. The van der Waals surface area contributed by atoms with Crippen molar-refractivity contribution in [2.45, 2.75) is 25.7 Å². The molecule has 0 aliphatic carbocycles. The van der Waals surface area contributed by atoms with Gasteiger partial charge in [0, 0.05) is 13.2 Å². The summed E-state index contributed by atoms with van der Waals surface area (Å²) < 4.78 is 15.2. The minimum Gasteiger partial charge on any atom is -0.319 e. The molecule has 0 aromatic heterocycles. The monoisotopic (exact) mass is 210 g/mol. The van der Waals surface area contributed by atoms with Gasteiger partial charge in [-0.25, -0.2) is 0 Å². The second-order valence-electron chi connectivity index (χ2n) is 3.83. The van der Waals surface area contributed by atoms with E-state index in [1.54, 1.807) is 0 Å². The van der Waals surface area contributed by atoms with Gasteiger partial charge in [-0.15, -0.1) is 0 Å². The van der Waals surface area contributed by atoms with Gasteiger partial charge in [-0.2, -0.15) is 0 Å². The van der Waals surface area contributed by atoms with Gasteiger partial charge in [0.15, 0.2) is 0 Å². The predicted octanol–water partition coefficient (Wildman–Crippen LogP) is 1.68. The summed E-state index contributed by atoms with van der Waals surface area (Å²) in [6.45, 7) is 5.88. The van der Waals surface area contributed by atoms with E-state index in [4.69, 9.17) is 4.89 Å². The van der Waals surface area contributed by atoms with Crippen molar-refractivity contribution in [2.75, 3.05) is 7.11 Å². The third-order valence-electron chi connectivity index (χ3n) is 1.24. The van der Waals surface area contributed by atoms with Crippen molar-refractivity contribution < 1.29 is 18.8 Å². The summed E-state index contributed by atoms with van der Waals surface area (Å²) in [6.07, 6.45) is 0. The van der Waals surface area contributed by atoms with E-state index >= 15 is 0 Å². The lowest BCUT2D eigenvalue weighted by molar-refractivity contribution is -0.111. The standard InChI is InChI=1S/C6H15O4PSi/c1-10-11(8,9)6(7)5-12(2,3)4/h5H2,1-4H3,(H,8,9). The first kappa shape index (κ1) is 12.0. The van der Waals surface area contributed by atoms with Crippen LogP contribution in [0.25, 0.3) is 0 Å². The van der Waals surface area contributed by atoms with Crippen LogP contribution in [0, 0.1) is 0 Å². The Bertz CT molecular complexity index is 220. The van der Waals surface area contributed by atoms with Crippen LogP contribution in [0.2, 0.25) is 25.7 Å². The molecular weight excluding hydrogens is 195 g/mol. The lowest BCUT2D eigenvalue weighted by Gasteiger charge is -2.15. The van der Waals surface area contributed by atoms with Gasteiger partial charge in [0.1, 0.15) is 0 Å². The topological polar surface area (TPSA) is 63.6 Å². The molecule has 0 saturated heterocycles. The lowest BCUT2D eigenvalue weighted by atomic mass is 10.9. The van der Waals surface area contributed by atoms with E-state index in [-0.39, 0.29) is 6.04 Å². The maximum atomic E-state index is 11.1. The summed E-state index contributed by atoms with van der Waals surface area (Å²) in [5, 5.41) is 0. The van der Waals surface area contributed by atoms with Crippen LogP contribution in [0.4, 0.5) is 0 Å². The van der Waals surface area contributed by atoms with Gasteiger partial charge in [-0.05, 0) is 0 Å². The molecule has 1 unspecified atom stereocenters. The van der Waals surface area contributed by atoms with Crippen LogP contribution in [0.15, 0.2) is 0 Å². The highest BCUT2D eigenvalue weighted by Gasteiger charge is 2.32. The van der Waals surface area contributed by atoms with Gasteiger partial charge in [-0.3, -0.25) is 9.36 Å². The predicted molar refractivity (Wildman–Crippen MR) is 50.0 cm³/mol. The number of carbonyl (C=O) groups excluding carboxylic acids is 1. The van der Waals surface area contributed by atoms with Gasteiger partial charge >= 0.3 is 7.60 Å². The van der Waals surface area contributed by atoms with Crippen molar-refractivity contribution in [1.82, 2.24) is 0 Å². The Balaban J connectivity index is 4.34. The summed E-state index contributed by atoms with van der Waals surface area (Å²) in [5.74, 6) is 0. The van der Waals surface area contributed by atoms with Crippen molar-refractivity contribution in [2.24, 2.45) is 0 Å². The molecule has 0 aliphatic heterocycles. The maximum Gasteiger partial charge on any atom is 0.393 e. The Hall–Kier alpha value is 0.0369. The fraction of sp³-hybridized carbons (Fsp3) is 0.833. The molecule has 0 aromatic carbocycles. The van der Waals surface area contributed by atoms with Gasteiger partial charge in [0.05, 0.1) is 8.07 Å². The first-order valence-electron chi connectivity index (χ1n) is 3.61. The maximum absolute atomic E-state index is 11.1. The summed E-state index contributed by atoms with van der Waals surface area (Å²) in [4.78, 5) is 20.1. The molecule has 4 nitrogen and oxygen atoms in total. The molecule has 0 spiro atoms. The molecule has 0 rings (SSSR count). The average Bonchev–Trinajstić information content (AvgIpc) is 1.84. The third-order valence-corrected chi connectivity index (χ3v) is 4.21. The van der Waals surface area contributed by atoms with E-state index in [2.05, 4.69) is 4.52 Å². The van der Waals surface area contributed by atoms with Crippen LogP contribution < -0.4 is 0 Å². The largest absolute Gasteiger partial charge is 0.393 e. The van der Waals surface area contributed by atoms with Crippen LogP contribution in [-0.2, 0) is 13.9 Å². The zero-order chi connectivity index (χ0) is 9.99. The van der Waals surface area contributed by atoms with Crippen molar-refractivity contribution in [1.29, 1.82) is 0 Å². The Morgan fingerprint density at radius 2 is 1.92 bits per heavy atom. The minimum absolute atomic E-state index is 0.189. The molecule has 0 amide bonds. The average molecular weight is 210 g/mol. The van der Waals surface area contributed by atoms with E-state index in [1.165, 1.54) is 0 Å². The number of carbonyl (C=O) groups is 1. The van der Waals surface area contributed by atoms with Crippen LogP contribution in [-0.4, -0.2) is 25.6 Å². The molecule has 0 bridgehead atoms. The zero-order valence-corrected chi connectivity index (χ0v) is 9.72. The normalized spacial score (nSPS) is 17.1. The molecule has 0 aliphatic rings. The molecule has 0 aromatic rings. The molecule has 0 radical (unpaired) electrons. The van der Waals surface area contributed by atoms with Gasteiger partial charge in [0.2, 0.25) is 5.52 Å². The first-order chi connectivity index (χ1) is 5.19. The number of rotatable bonds is 4. The SMILES string of the molecule is COP(=O)(O)C(=O)C[Si](C)(C)C. The fourth-order valence-electron chi connectivity index (χ4n) is 0.655. The van der Waals surface area contributed by atoms with Gasteiger partial charge < -0.3 is 9.42 Å². The second-order valence-corrected chi connectivity index (χ2v) is 11.2. The highest BCUT2D eigenvalue weighted by atomic mass is 31.2. The van der Waals surface area contributed by atoms with E-state index in [9.17, 15) is 9.36 Å². The zero-order valence-electron chi connectivity index (χ0n) is 7.83. The number of hydrogen-bond acceptors (Lipinski definition) is 3. The summed E-state index contributed by atoms with van der Waals surface area (Å²) >= 11 is 0. The highest BCUT2D eigenvalue weighted by Crippen LogP contribution is 2.44. The van der Waals surface area contributed by atoms with Crippen molar-refractivity contribution in [3.63, 3.8) is 0 Å². The molecule has 12 heavy (non-hydrogen) atoms. The van der Waals surface area contributed by atoms with Crippen molar-refractivity contribution >= 4 is 21.2 Å². The Labute approximate surface area is 73.5 Å². The molecule has 0 saturated carbocycles. The van der Waals surface area contributed by atoms with Gasteiger partial charge in [-0.1, -0.05) is 19.6 Å². The quantitative estimate of drug-likeness (QED) is 0.566. The van der Waals surface area contributed by atoms with Crippen molar-refractivity contribution in [3.8, 4) is 0 Å². The molecule has 1 atom stereocenters.